The van der Waals surface area contributed by atoms with Gasteiger partial charge in [0.25, 0.3) is 5.91 Å². The highest BCUT2D eigenvalue weighted by Gasteiger charge is 2.15. The average Bonchev–Trinajstić information content (AvgIpc) is 2.62. The van der Waals surface area contributed by atoms with Gasteiger partial charge in [-0.05, 0) is 54.3 Å². The lowest BCUT2D eigenvalue weighted by molar-refractivity contribution is 0.0977. The number of pyridine rings is 1. The number of carbonyl (C=O) groups is 1. The van der Waals surface area contributed by atoms with E-state index in [1.54, 1.807) is 25.3 Å². The summed E-state index contributed by atoms with van der Waals surface area (Å²) in [6.07, 6.45) is 6.66. The highest BCUT2D eigenvalue weighted by molar-refractivity contribution is 6.12. The van der Waals surface area contributed by atoms with Crippen molar-refractivity contribution in [1.29, 1.82) is 5.41 Å². The molecule has 0 aliphatic carbocycles. The number of fused-ring (bicyclic) bond motifs is 1. The van der Waals surface area contributed by atoms with Crippen LogP contribution in [0, 0.1) is 36.3 Å². The fraction of sp³-hybridized carbons (Fsp3) is 0.0500. The molecule has 0 radical (unpaired) electrons. The summed E-state index contributed by atoms with van der Waals surface area (Å²) in [5.41, 5.74) is 2.21. The Morgan fingerprint density at radius 1 is 1.23 bits per heavy atom. The van der Waals surface area contributed by atoms with Crippen LogP contribution in [-0.4, -0.2) is 16.7 Å². The van der Waals surface area contributed by atoms with Gasteiger partial charge in [0, 0.05) is 28.8 Å². The van der Waals surface area contributed by atoms with E-state index in [2.05, 4.69) is 10.3 Å². The summed E-state index contributed by atoms with van der Waals surface area (Å²) in [5.74, 6) is -0.272. The third-order valence-corrected chi connectivity index (χ3v) is 3.90. The van der Waals surface area contributed by atoms with Crippen LogP contribution in [0.15, 0.2) is 42.6 Å². The molecule has 2 aromatic carbocycles. The standard InChI is InChI=1S/C20H13F2N3O/c1-3-18(23)25-20(26)12-4-7-17-15(8-12)19(11(2)10-24-17)14-6-5-13(21)9-16(14)22/h1,4-10H,2H3,(H2,23,25,26). The summed E-state index contributed by atoms with van der Waals surface area (Å²) >= 11 is 0. The van der Waals surface area contributed by atoms with Crippen molar-refractivity contribution in [3.05, 3.63) is 65.4 Å². The molecule has 0 saturated heterocycles. The molecule has 1 heterocycles. The normalized spacial score (nSPS) is 10.4. The van der Waals surface area contributed by atoms with Crippen LogP contribution >= 0.6 is 0 Å². The molecule has 0 aliphatic rings. The van der Waals surface area contributed by atoms with Gasteiger partial charge in [0.15, 0.2) is 5.84 Å². The highest BCUT2D eigenvalue weighted by Crippen LogP contribution is 2.33. The number of nitrogens with one attached hydrogen (secondary N) is 2. The Morgan fingerprint density at radius 2 is 2.00 bits per heavy atom. The summed E-state index contributed by atoms with van der Waals surface area (Å²) in [5, 5.41) is 10.2. The van der Waals surface area contributed by atoms with Crippen molar-refractivity contribution in [3.63, 3.8) is 0 Å². The number of amidine groups is 1. The summed E-state index contributed by atoms with van der Waals surface area (Å²) in [4.78, 5) is 16.5. The Balaban J connectivity index is 2.21. The van der Waals surface area contributed by atoms with E-state index in [4.69, 9.17) is 11.8 Å². The molecule has 0 saturated carbocycles. The minimum absolute atomic E-state index is 0.213. The van der Waals surface area contributed by atoms with E-state index < -0.39 is 17.5 Å². The lowest BCUT2D eigenvalue weighted by atomic mass is 9.95. The summed E-state index contributed by atoms with van der Waals surface area (Å²) in [6.45, 7) is 1.76. The molecule has 3 aromatic rings. The maximum Gasteiger partial charge on any atom is 0.257 e. The molecule has 0 bridgehead atoms. The maximum absolute atomic E-state index is 14.3. The number of aryl methyl sites for hydroxylation is 1. The van der Waals surface area contributed by atoms with E-state index in [-0.39, 0.29) is 17.0 Å². The number of nitrogens with zero attached hydrogens (tertiary/aromatic N) is 1. The third kappa shape index (κ3) is 3.15. The van der Waals surface area contributed by atoms with E-state index in [0.29, 0.717) is 22.0 Å². The van der Waals surface area contributed by atoms with Gasteiger partial charge in [-0.3, -0.25) is 20.5 Å². The van der Waals surface area contributed by atoms with Crippen molar-refractivity contribution in [2.45, 2.75) is 6.92 Å². The first-order valence-electron chi connectivity index (χ1n) is 7.62. The van der Waals surface area contributed by atoms with Gasteiger partial charge in [0.2, 0.25) is 0 Å². The Bertz CT molecular complexity index is 1100. The van der Waals surface area contributed by atoms with E-state index in [1.165, 1.54) is 18.2 Å². The Hall–Kier alpha value is -3.59. The molecular weight excluding hydrogens is 336 g/mol. The first-order chi connectivity index (χ1) is 12.4. The van der Waals surface area contributed by atoms with Crippen molar-refractivity contribution in [1.82, 2.24) is 10.3 Å². The van der Waals surface area contributed by atoms with Gasteiger partial charge in [0.05, 0.1) is 5.52 Å². The zero-order valence-electron chi connectivity index (χ0n) is 13.7. The quantitative estimate of drug-likeness (QED) is 0.419. The van der Waals surface area contributed by atoms with Crippen LogP contribution in [0.3, 0.4) is 0 Å². The minimum atomic E-state index is -0.704. The van der Waals surface area contributed by atoms with Crippen molar-refractivity contribution in [3.8, 4) is 23.5 Å². The second kappa shape index (κ2) is 6.73. The molecule has 0 atom stereocenters. The van der Waals surface area contributed by atoms with Gasteiger partial charge in [-0.1, -0.05) is 0 Å². The fourth-order valence-corrected chi connectivity index (χ4v) is 2.70. The number of halogens is 2. The van der Waals surface area contributed by atoms with Gasteiger partial charge < -0.3 is 0 Å². The molecule has 3 rings (SSSR count). The van der Waals surface area contributed by atoms with Crippen LogP contribution < -0.4 is 5.32 Å². The predicted octanol–water partition coefficient (Wildman–Crippen LogP) is 3.83. The number of hydrogen-bond acceptors (Lipinski definition) is 3. The zero-order valence-corrected chi connectivity index (χ0v) is 13.7. The molecule has 0 spiro atoms. The number of terminal acetylenes is 1. The SMILES string of the molecule is C#CC(=N)NC(=O)c1ccc2ncc(C)c(-c3ccc(F)cc3F)c2c1. The summed E-state index contributed by atoms with van der Waals surface area (Å²) < 4.78 is 27.6. The number of benzene rings is 2. The van der Waals surface area contributed by atoms with Gasteiger partial charge in [-0.25, -0.2) is 8.78 Å². The molecule has 0 aliphatic heterocycles. The molecular formula is C20H13F2N3O. The molecule has 1 aromatic heterocycles. The van der Waals surface area contributed by atoms with E-state index in [1.807, 2.05) is 5.92 Å². The smallest absolute Gasteiger partial charge is 0.257 e. The van der Waals surface area contributed by atoms with Crippen LogP contribution in [0.4, 0.5) is 8.78 Å². The molecule has 0 unspecified atom stereocenters. The third-order valence-electron chi connectivity index (χ3n) is 3.90. The molecule has 4 nitrogen and oxygen atoms in total. The second-order valence-corrected chi connectivity index (χ2v) is 5.65. The van der Waals surface area contributed by atoms with E-state index in [9.17, 15) is 13.6 Å². The van der Waals surface area contributed by atoms with Gasteiger partial charge in [0.1, 0.15) is 11.6 Å². The lowest BCUT2D eigenvalue weighted by Crippen LogP contribution is -2.28. The van der Waals surface area contributed by atoms with Crippen LogP contribution in [0.2, 0.25) is 0 Å². The number of aromatic nitrogens is 1. The zero-order chi connectivity index (χ0) is 18.8. The summed E-state index contributed by atoms with van der Waals surface area (Å²) in [6, 6.07) is 8.04. The highest BCUT2D eigenvalue weighted by atomic mass is 19.1. The molecule has 1 amide bonds. The number of rotatable bonds is 2. The second-order valence-electron chi connectivity index (χ2n) is 5.65. The minimum Gasteiger partial charge on any atom is -0.300 e. The van der Waals surface area contributed by atoms with Gasteiger partial charge in [-0.15, -0.1) is 6.42 Å². The Morgan fingerprint density at radius 3 is 2.69 bits per heavy atom. The lowest BCUT2D eigenvalue weighted by Gasteiger charge is -2.12. The average molecular weight is 349 g/mol. The Kier molecular flexibility index (Phi) is 4.46. The monoisotopic (exact) mass is 349 g/mol. The fourth-order valence-electron chi connectivity index (χ4n) is 2.70. The van der Waals surface area contributed by atoms with Crippen molar-refractivity contribution >= 4 is 22.6 Å². The first kappa shape index (κ1) is 17.2. The van der Waals surface area contributed by atoms with Crippen molar-refractivity contribution < 1.29 is 13.6 Å². The largest absolute Gasteiger partial charge is 0.300 e. The summed E-state index contributed by atoms with van der Waals surface area (Å²) in [7, 11) is 0. The predicted molar refractivity (Wildman–Crippen MR) is 95.9 cm³/mol. The molecule has 6 heteroatoms. The van der Waals surface area contributed by atoms with E-state index >= 15 is 0 Å². The van der Waals surface area contributed by atoms with Crippen LogP contribution in [0.1, 0.15) is 15.9 Å². The maximum atomic E-state index is 14.3. The van der Waals surface area contributed by atoms with Crippen LogP contribution in [-0.2, 0) is 0 Å². The number of hydrogen-bond donors (Lipinski definition) is 2. The van der Waals surface area contributed by atoms with Crippen LogP contribution in [0.5, 0.6) is 0 Å². The molecule has 0 fully saturated rings. The van der Waals surface area contributed by atoms with Gasteiger partial charge >= 0.3 is 0 Å². The molecule has 2 N–H and O–H groups in total. The van der Waals surface area contributed by atoms with Crippen molar-refractivity contribution in [2.75, 3.05) is 0 Å². The van der Waals surface area contributed by atoms with Gasteiger partial charge in [-0.2, -0.15) is 0 Å². The number of amides is 1. The first-order valence-corrected chi connectivity index (χ1v) is 7.62. The topological polar surface area (TPSA) is 65.8 Å². The number of carbonyl (C=O) groups excluding carboxylic acids is 1. The molecule has 128 valence electrons. The van der Waals surface area contributed by atoms with E-state index in [0.717, 1.165) is 6.07 Å². The molecule has 26 heavy (non-hydrogen) atoms. The Labute approximate surface area is 148 Å². The van der Waals surface area contributed by atoms with Crippen molar-refractivity contribution in [2.24, 2.45) is 0 Å². The van der Waals surface area contributed by atoms with Crippen LogP contribution in [0.25, 0.3) is 22.0 Å².